The Labute approximate surface area is 264 Å². The molecule has 8 aromatic carbocycles. The molecule has 0 saturated heterocycles. The molecule has 45 heavy (non-hydrogen) atoms. The number of hydrogen-bond donors (Lipinski definition) is 0. The van der Waals surface area contributed by atoms with Crippen molar-refractivity contribution in [2.24, 2.45) is 0 Å². The first-order chi connectivity index (χ1) is 22.4. The van der Waals surface area contributed by atoms with Gasteiger partial charge in [-0.1, -0.05) is 158 Å². The highest BCUT2D eigenvalue weighted by Crippen LogP contribution is 2.47. The van der Waals surface area contributed by atoms with Crippen molar-refractivity contribution in [3.8, 4) is 0 Å². The molecule has 1 nitrogen and oxygen atoms in total. The molecule has 8 aromatic rings. The van der Waals surface area contributed by atoms with Gasteiger partial charge in [0.25, 0.3) is 0 Å². The van der Waals surface area contributed by atoms with E-state index in [0.717, 1.165) is 17.1 Å². The van der Waals surface area contributed by atoms with E-state index in [4.69, 9.17) is 0 Å². The number of anilines is 3. The maximum atomic E-state index is 2.43. The molecule has 0 saturated carbocycles. The van der Waals surface area contributed by atoms with Gasteiger partial charge in [-0.3, -0.25) is 0 Å². The van der Waals surface area contributed by atoms with E-state index in [2.05, 4.69) is 193 Å². The van der Waals surface area contributed by atoms with Crippen LogP contribution in [-0.2, 0) is 0 Å². The minimum Gasteiger partial charge on any atom is -0.309 e. The molecule has 0 unspecified atom stereocenters. The Bertz CT molecular complexity index is 2260. The molecule has 0 fully saturated rings. The summed E-state index contributed by atoms with van der Waals surface area (Å²) in [4.78, 5) is 2.42. The lowest BCUT2D eigenvalue weighted by atomic mass is 9.88. The minimum absolute atomic E-state index is 1.12. The third-order valence-corrected chi connectivity index (χ3v) is 8.65. The second-order valence-electron chi connectivity index (χ2n) is 11.3. The smallest absolute Gasteiger partial charge is 0.0619 e. The van der Waals surface area contributed by atoms with Crippen LogP contribution >= 0.6 is 0 Å². The molecule has 0 heterocycles. The highest BCUT2D eigenvalue weighted by atomic mass is 15.1. The van der Waals surface area contributed by atoms with Gasteiger partial charge in [-0.25, -0.2) is 0 Å². The van der Waals surface area contributed by atoms with Crippen LogP contribution in [0.2, 0.25) is 0 Å². The Balaban J connectivity index is 1.55. The predicted octanol–water partition coefficient (Wildman–Crippen LogP) is 12.2. The van der Waals surface area contributed by atoms with Crippen LogP contribution in [0.5, 0.6) is 0 Å². The lowest BCUT2D eigenvalue weighted by Crippen LogP contribution is -2.12. The number of para-hydroxylation sites is 2. The Morgan fingerprint density at radius 2 is 0.844 bits per heavy atom. The second kappa shape index (κ2) is 11.6. The molecule has 1 heteroatoms. The Hall–Kier alpha value is -5.92. The van der Waals surface area contributed by atoms with Gasteiger partial charge in [-0.2, -0.15) is 0 Å². The highest BCUT2D eigenvalue weighted by molar-refractivity contribution is 6.20. The van der Waals surface area contributed by atoms with Crippen molar-refractivity contribution in [2.75, 3.05) is 4.90 Å². The summed E-state index contributed by atoms with van der Waals surface area (Å²) < 4.78 is 0. The maximum Gasteiger partial charge on any atom is 0.0619 e. The van der Waals surface area contributed by atoms with Gasteiger partial charge in [0.2, 0.25) is 0 Å². The first-order valence-corrected chi connectivity index (χ1v) is 15.5. The van der Waals surface area contributed by atoms with Gasteiger partial charge < -0.3 is 4.90 Å². The fraction of sp³-hybridized carbons (Fsp3) is 0. The van der Waals surface area contributed by atoms with Crippen LogP contribution in [0.15, 0.2) is 182 Å². The van der Waals surface area contributed by atoms with E-state index in [9.17, 15) is 0 Å². The fourth-order valence-corrected chi connectivity index (χ4v) is 6.64. The van der Waals surface area contributed by atoms with E-state index in [1.54, 1.807) is 0 Å². The standard InChI is InChI=1S/C44H31N/c1-4-17-33(18-5-1)42(37-30-16-20-32-19-10-11-25-36(32)37)31-43-40-28-13-12-26-38(40)39-27-14-15-29-41(39)44(43)45(34-21-6-2-7-22-34)35-23-8-3-9-24-35/h1-31H. The molecule has 8 rings (SSSR count). The largest absolute Gasteiger partial charge is 0.309 e. The van der Waals surface area contributed by atoms with Gasteiger partial charge in [0.15, 0.2) is 0 Å². The first kappa shape index (κ1) is 26.7. The monoisotopic (exact) mass is 573 g/mol. The van der Waals surface area contributed by atoms with Crippen molar-refractivity contribution in [1.82, 2.24) is 0 Å². The molecule has 0 amide bonds. The predicted molar refractivity (Wildman–Crippen MR) is 193 cm³/mol. The van der Waals surface area contributed by atoms with Gasteiger partial charge in [-0.15, -0.1) is 0 Å². The van der Waals surface area contributed by atoms with Crippen LogP contribution in [0.1, 0.15) is 16.7 Å². The zero-order valence-corrected chi connectivity index (χ0v) is 24.8. The van der Waals surface area contributed by atoms with Crippen molar-refractivity contribution in [3.63, 3.8) is 0 Å². The molecular weight excluding hydrogens is 542 g/mol. The first-order valence-electron chi connectivity index (χ1n) is 15.5. The summed E-state index contributed by atoms with van der Waals surface area (Å²) in [5.74, 6) is 0. The zero-order chi connectivity index (χ0) is 30.0. The molecule has 212 valence electrons. The Morgan fingerprint density at radius 1 is 0.378 bits per heavy atom. The van der Waals surface area contributed by atoms with Crippen molar-refractivity contribution >= 4 is 61.0 Å². The minimum atomic E-state index is 1.12. The van der Waals surface area contributed by atoms with Crippen LogP contribution in [0.25, 0.3) is 44.0 Å². The number of rotatable bonds is 6. The summed E-state index contributed by atoms with van der Waals surface area (Å²) in [6.07, 6.45) is 2.43. The number of nitrogens with zero attached hydrogens (tertiary/aromatic N) is 1. The van der Waals surface area contributed by atoms with E-state index in [0.29, 0.717) is 0 Å². The maximum absolute atomic E-state index is 2.43. The number of hydrogen-bond acceptors (Lipinski definition) is 1. The number of fused-ring (bicyclic) bond motifs is 4. The summed E-state index contributed by atoms with van der Waals surface area (Å²) in [5, 5.41) is 7.38. The van der Waals surface area contributed by atoms with Crippen LogP contribution in [0, 0.1) is 0 Å². The third-order valence-electron chi connectivity index (χ3n) is 8.65. The van der Waals surface area contributed by atoms with Crippen LogP contribution in [0.3, 0.4) is 0 Å². The normalized spacial score (nSPS) is 11.7. The molecule has 0 spiro atoms. The second-order valence-corrected chi connectivity index (χ2v) is 11.3. The SMILES string of the molecule is C(=C(c1ccccc1)c1cccc2ccccc12)c1c(N(c2ccccc2)c2ccccc2)c2ccccc2c2ccccc12. The van der Waals surface area contributed by atoms with E-state index < -0.39 is 0 Å². The lowest BCUT2D eigenvalue weighted by Gasteiger charge is -2.30. The quantitative estimate of drug-likeness (QED) is 0.141. The van der Waals surface area contributed by atoms with Crippen molar-refractivity contribution < 1.29 is 0 Å². The number of benzene rings is 8. The molecule has 0 atom stereocenters. The van der Waals surface area contributed by atoms with Gasteiger partial charge in [0, 0.05) is 22.3 Å². The van der Waals surface area contributed by atoms with Gasteiger partial charge in [0.05, 0.1) is 5.69 Å². The average molecular weight is 574 g/mol. The van der Waals surface area contributed by atoms with Crippen molar-refractivity contribution in [1.29, 1.82) is 0 Å². The summed E-state index contributed by atoms with van der Waals surface area (Å²) in [5.41, 5.74) is 8.17. The Morgan fingerprint density at radius 3 is 1.49 bits per heavy atom. The molecule has 0 aliphatic rings. The topological polar surface area (TPSA) is 3.24 Å². The van der Waals surface area contributed by atoms with Gasteiger partial charge in [0.1, 0.15) is 0 Å². The van der Waals surface area contributed by atoms with Crippen LogP contribution in [0.4, 0.5) is 17.1 Å². The van der Waals surface area contributed by atoms with Gasteiger partial charge >= 0.3 is 0 Å². The third kappa shape index (κ3) is 4.85. The molecule has 0 N–H and O–H groups in total. The molecule has 0 aliphatic carbocycles. The van der Waals surface area contributed by atoms with Crippen molar-refractivity contribution in [2.45, 2.75) is 0 Å². The van der Waals surface area contributed by atoms with Gasteiger partial charge in [-0.05, 0) is 74.0 Å². The summed E-state index contributed by atoms with van der Waals surface area (Å²) in [7, 11) is 0. The van der Waals surface area contributed by atoms with Crippen LogP contribution < -0.4 is 4.90 Å². The summed E-state index contributed by atoms with van der Waals surface area (Å²) >= 11 is 0. The molecule has 0 aliphatic heterocycles. The van der Waals surface area contributed by atoms with E-state index in [-0.39, 0.29) is 0 Å². The summed E-state index contributed by atoms with van der Waals surface area (Å²) in [6, 6.07) is 65.3. The van der Waals surface area contributed by atoms with Crippen molar-refractivity contribution in [3.05, 3.63) is 199 Å². The molecule has 0 aromatic heterocycles. The van der Waals surface area contributed by atoms with E-state index in [1.165, 1.54) is 54.6 Å². The van der Waals surface area contributed by atoms with E-state index in [1.807, 2.05) is 0 Å². The van der Waals surface area contributed by atoms with Crippen LogP contribution in [-0.4, -0.2) is 0 Å². The molecule has 0 bridgehead atoms. The van der Waals surface area contributed by atoms with E-state index >= 15 is 0 Å². The Kier molecular flexibility index (Phi) is 6.90. The fourth-order valence-electron chi connectivity index (χ4n) is 6.64. The summed E-state index contributed by atoms with van der Waals surface area (Å²) in [6.45, 7) is 0. The molecular formula is C44H31N. The average Bonchev–Trinajstić information content (AvgIpc) is 3.12. The lowest BCUT2D eigenvalue weighted by molar-refractivity contribution is 1.30. The molecule has 0 radical (unpaired) electrons. The zero-order valence-electron chi connectivity index (χ0n) is 24.8. The highest BCUT2D eigenvalue weighted by Gasteiger charge is 2.22.